The van der Waals surface area contributed by atoms with Crippen LogP contribution in [0.15, 0.2) is 18.2 Å². The predicted molar refractivity (Wildman–Crippen MR) is 84.6 cm³/mol. The molecule has 0 saturated carbocycles. The number of nitrogens with one attached hydrogen (secondary N) is 2. The molecule has 0 aromatic heterocycles. The first-order valence-electron chi connectivity index (χ1n) is 7.94. The van der Waals surface area contributed by atoms with Gasteiger partial charge in [-0.15, -0.1) is 0 Å². The summed E-state index contributed by atoms with van der Waals surface area (Å²) in [5.74, 6) is 1.06. The summed E-state index contributed by atoms with van der Waals surface area (Å²) in [4.78, 5) is 11.2. The Balaban J connectivity index is 1.90. The molecule has 1 aromatic carbocycles. The first-order valence-corrected chi connectivity index (χ1v) is 7.94. The van der Waals surface area contributed by atoms with E-state index in [2.05, 4.69) is 29.7 Å². The quantitative estimate of drug-likeness (QED) is 0.724. The van der Waals surface area contributed by atoms with Crippen LogP contribution >= 0.6 is 0 Å². The summed E-state index contributed by atoms with van der Waals surface area (Å²) < 4.78 is 5.89. The summed E-state index contributed by atoms with van der Waals surface area (Å²) in [5.41, 5.74) is 2.72. The number of carbonyl (C=O) groups is 1. The molecule has 1 aliphatic carbocycles. The summed E-state index contributed by atoms with van der Waals surface area (Å²) >= 11 is 0. The van der Waals surface area contributed by atoms with E-state index in [1.165, 1.54) is 11.1 Å². The van der Waals surface area contributed by atoms with Crippen molar-refractivity contribution in [2.75, 3.05) is 20.2 Å². The minimum absolute atomic E-state index is 0.0701. The Kier molecular flexibility index (Phi) is 6.05. The van der Waals surface area contributed by atoms with E-state index in [4.69, 9.17) is 4.74 Å². The molecule has 4 nitrogen and oxygen atoms in total. The van der Waals surface area contributed by atoms with Crippen molar-refractivity contribution in [1.29, 1.82) is 0 Å². The maximum Gasteiger partial charge on any atom is 0.219 e. The third-order valence-corrected chi connectivity index (χ3v) is 3.95. The molecule has 1 amide bonds. The van der Waals surface area contributed by atoms with E-state index in [0.717, 1.165) is 38.0 Å². The fourth-order valence-electron chi connectivity index (χ4n) is 2.83. The Morgan fingerprint density at radius 2 is 2.29 bits per heavy atom. The molecule has 0 saturated heterocycles. The molecule has 1 aliphatic rings. The minimum Gasteiger partial charge on any atom is -0.493 e. The summed E-state index contributed by atoms with van der Waals surface area (Å²) in [5, 5.41) is 6.22. The van der Waals surface area contributed by atoms with E-state index in [-0.39, 0.29) is 5.91 Å². The average Bonchev–Trinajstić information content (AvgIpc) is 2.93. The SMILES string of the molecule is CCCNC1CCc2c(OCCCC(=O)NC)cccc21. The molecule has 1 aromatic rings. The van der Waals surface area contributed by atoms with Crippen molar-refractivity contribution in [3.8, 4) is 5.75 Å². The maximum atomic E-state index is 11.2. The Hall–Kier alpha value is -1.55. The molecule has 21 heavy (non-hydrogen) atoms. The van der Waals surface area contributed by atoms with Crippen molar-refractivity contribution < 1.29 is 9.53 Å². The largest absolute Gasteiger partial charge is 0.493 e. The lowest BCUT2D eigenvalue weighted by molar-refractivity contribution is -0.120. The number of hydrogen-bond donors (Lipinski definition) is 2. The van der Waals surface area contributed by atoms with E-state index in [1.54, 1.807) is 7.05 Å². The molecule has 2 N–H and O–H groups in total. The molecule has 4 heteroatoms. The fraction of sp³-hybridized carbons (Fsp3) is 0.588. The molecule has 0 radical (unpaired) electrons. The molecule has 116 valence electrons. The van der Waals surface area contributed by atoms with Gasteiger partial charge in [-0.2, -0.15) is 0 Å². The highest BCUT2D eigenvalue weighted by Gasteiger charge is 2.24. The Morgan fingerprint density at radius 1 is 1.43 bits per heavy atom. The lowest BCUT2D eigenvalue weighted by atomic mass is 10.1. The topological polar surface area (TPSA) is 50.4 Å². The Bertz CT molecular complexity index is 474. The molecule has 2 rings (SSSR count). The summed E-state index contributed by atoms with van der Waals surface area (Å²) in [6.07, 6.45) is 4.64. The van der Waals surface area contributed by atoms with Gasteiger partial charge in [0, 0.05) is 19.5 Å². The van der Waals surface area contributed by atoms with Crippen LogP contribution in [0.3, 0.4) is 0 Å². The number of ether oxygens (including phenoxy) is 1. The van der Waals surface area contributed by atoms with Crippen LogP contribution in [0.25, 0.3) is 0 Å². The zero-order chi connectivity index (χ0) is 15.1. The molecule has 0 spiro atoms. The van der Waals surface area contributed by atoms with Gasteiger partial charge in [0.15, 0.2) is 0 Å². The highest BCUT2D eigenvalue weighted by atomic mass is 16.5. The molecule has 0 fully saturated rings. The third-order valence-electron chi connectivity index (χ3n) is 3.95. The third kappa shape index (κ3) is 4.21. The molecule has 0 bridgehead atoms. The highest BCUT2D eigenvalue weighted by molar-refractivity contribution is 5.75. The van der Waals surface area contributed by atoms with E-state index in [0.29, 0.717) is 19.1 Å². The first kappa shape index (κ1) is 15.8. The molecule has 1 atom stereocenters. The van der Waals surface area contributed by atoms with E-state index in [9.17, 15) is 4.79 Å². The van der Waals surface area contributed by atoms with Gasteiger partial charge in [0.2, 0.25) is 5.91 Å². The molecule has 0 heterocycles. The number of rotatable bonds is 8. The van der Waals surface area contributed by atoms with Crippen molar-refractivity contribution in [2.24, 2.45) is 0 Å². The minimum atomic E-state index is 0.0701. The zero-order valence-corrected chi connectivity index (χ0v) is 13.1. The zero-order valence-electron chi connectivity index (χ0n) is 13.1. The first-order chi connectivity index (χ1) is 10.3. The van der Waals surface area contributed by atoms with Crippen LogP contribution in [0.4, 0.5) is 0 Å². The van der Waals surface area contributed by atoms with Crippen molar-refractivity contribution in [3.63, 3.8) is 0 Å². The number of carbonyl (C=O) groups excluding carboxylic acids is 1. The standard InChI is InChI=1S/C17H26N2O2/c1-3-11-19-15-10-9-14-13(15)6-4-7-16(14)21-12-5-8-17(20)18-2/h4,6-7,15,19H,3,5,8-12H2,1-2H3,(H,18,20). The van der Waals surface area contributed by atoms with Gasteiger partial charge in [-0.1, -0.05) is 19.1 Å². The van der Waals surface area contributed by atoms with Crippen LogP contribution in [-0.4, -0.2) is 26.1 Å². The van der Waals surface area contributed by atoms with Gasteiger partial charge in [0.25, 0.3) is 0 Å². The molecule has 0 aliphatic heterocycles. The number of amides is 1. The van der Waals surface area contributed by atoms with Gasteiger partial charge in [-0.05, 0) is 49.4 Å². The summed E-state index contributed by atoms with van der Waals surface area (Å²) in [6.45, 7) is 3.84. The Morgan fingerprint density at radius 3 is 3.05 bits per heavy atom. The molecule has 1 unspecified atom stereocenters. The van der Waals surface area contributed by atoms with Crippen LogP contribution in [0.2, 0.25) is 0 Å². The normalized spacial score (nSPS) is 16.6. The molecular formula is C17H26N2O2. The van der Waals surface area contributed by atoms with E-state index >= 15 is 0 Å². The van der Waals surface area contributed by atoms with Gasteiger partial charge >= 0.3 is 0 Å². The van der Waals surface area contributed by atoms with Crippen LogP contribution in [0.5, 0.6) is 5.75 Å². The second-order valence-electron chi connectivity index (χ2n) is 5.49. The fourth-order valence-corrected chi connectivity index (χ4v) is 2.83. The van der Waals surface area contributed by atoms with Gasteiger partial charge in [0.1, 0.15) is 5.75 Å². The summed E-state index contributed by atoms with van der Waals surface area (Å²) in [7, 11) is 1.66. The van der Waals surface area contributed by atoms with Crippen molar-refractivity contribution in [1.82, 2.24) is 10.6 Å². The van der Waals surface area contributed by atoms with Gasteiger partial charge in [0.05, 0.1) is 6.61 Å². The van der Waals surface area contributed by atoms with Gasteiger partial charge in [-0.25, -0.2) is 0 Å². The number of fused-ring (bicyclic) bond motifs is 1. The van der Waals surface area contributed by atoms with Crippen LogP contribution < -0.4 is 15.4 Å². The van der Waals surface area contributed by atoms with Crippen LogP contribution in [0.1, 0.15) is 49.8 Å². The summed E-state index contributed by atoms with van der Waals surface area (Å²) in [6, 6.07) is 6.78. The number of benzene rings is 1. The highest BCUT2D eigenvalue weighted by Crippen LogP contribution is 2.36. The van der Waals surface area contributed by atoms with E-state index < -0.39 is 0 Å². The maximum absolute atomic E-state index is 11.2. The van der Waals surface area contributed by atoms with Crippen molar-refractivity contribution in [3.05, 3.63) is 29.3 Å². The number of hydrogen-bond acceptors (Lipinski definition) is 3. The smallest absolute Gasteiger partial charge is 0.219 e. The van der Waals surface area contributed by atoms with Crippen LogP contribution in [-0.2, 0) is 11.2 Å². The second kappa shape index (κ2) is 8.03. The van der Waals surface area contributed by atoms with Crippen molar-refractivity contribution in [2.45, 2.75) is 45.1 Å². The lowest BCUT2D eigenvalue weighted by Crippen LogP contribution is -2.19. The van der Waals surface area contributed by atoms with E-state index in [1.807, 2.05) is 6.07 Å². The Labute approximate surface area is 127 Å². The lowest BCUT2D eigenvalue weighted by Gasteiger charge is -2.14. The van der Waals surface area contributed by atoms with Crippen molar-refractivity contribution >= 4 is 5.91 Å². The second-order valence-corrected chi connectivity index (χ2v) is 5.49. The monoisotopic (exact) mass is 290 g/mol. The van der Waals surface area contributed by atoms with Gasteiger partial charge < -0.3 is 15.4 Å². The average molecular weight is 290 g/mol. The van der Waals surface area contributed by atoms with Crippen LogP contribution in [0, 0.1) is 0 Å². The van der Waals surface area contributed by atoms with Gasteiger partial charge in [-0.3, -0.25) is 4.79 Å². The predicted octanol–water partition coefficient (Wildman–Crippen LogP) is 2.58. The molecular weight excluding hydrogens is 264 g/mol.